The van der Waals surface area contributed by atoms with Gasteiger partial charge in [-0.25, -0.2) is 13.8 Å². The highest BCUT2D eigenvalue weighted by Gasteiger charge is 2.32. The van der Waals surface area contributed by atoms with Gasteiger partial charge in [0, 0.05) is 39.4 Å². The predicted molar refractivity (Wildman–Crippen MR) is 122 cm³/mol. The number of piperidine rings is 1. The standard InChI is InChI=1S/C23H22ClF2N5O3/c1-12(32)19-18(29-22(33)15-7-14(9-27)28-10-16(15)24)8-17(25)21(20(19)26)31-6-4-5-13(11-31)23(34)30(2)3/h7-8,10,13H,4-6,11H2,1-3H3,(H,29,33). The van der Waals surface area contributed by atoms with Crippen molar-refractivity contribution in [3.63, 3.8) is 0 Å². The van der Waals surface area contributed by atoms with Crippen LogP contribution in [0.25, 0.3) is 0 Å². The maximum absolute atomic E-state index is 15.5. The van der Waals surface area contributed by atoms with Gasteiger partial charge in [0.1, 0.15) is 17.5 Å². The number of pyridine rings is 1. The summed E-state index contributed by atoms with van der Waals surface area (Å²) >= 11 is 5.98. The number of halogens is 3. The summed E-state index contributed by atoms with van der Waals surface area (Å²) in [5.74, 6) is -4.30. The van der Waals surface area contributed by atoms with E-state index in [1.54, 1.807) is 20.2 Å². The molecule has 178 valence electrons. The Morgan fingerprint density at radius 3 is 2.62 bits per heavy atom. The molecule has 2 aromatic rings. The quantitative estimate of drug-likeness (QED) is 0.643. The summed E-state index contributed by atoms with van der Waals surface area (Å²) in [6.07, 6.45) is 2.23. The first-order chi connectivity index (χ1) is 16.0. The zero-order chi connectivity index (χ0) is 25.2. The lowest BCUT2D eigenvalue weighted by atomic mass is 9.95. The minimum atomic E-state index is -1.13. The minimum Gasteiger partial charge on any atom is -0.366 e. The van der Waals surface area contributed by atoms with E-state index < -0.39 is 40.5 Å². The van der Waals surface area contributed by atoms with E-state index in [0.29, 0.717) is 19.4 Å². The third-order valence-corrected chi connectivity index (χ3v) is 5.84. The SMILES string of the molecule is CC(=O)c1c(NC(=O)c2cc(C#N)ncc2Cl)cc(F)c(N2CCCC(C(=O)N(C)C)C2)c1F. The summed E-state index contributed by atoms with van der Waals surface area (Å²) in [7, 11) is 3.23. The van der Waals surface area contributed by atoms with Crippen LogP contribution < -0.4 is 10.2 Å². The molecule has 0 aliphatic carbocycles. The molecule has 1 aromatic heterocycles. The molecule has 1 saturated heterocycles. The number of carbonyl (C=O) groups is 3. The summed E-state index contributed by atoms with van der Waals surface area (Å²) in [6.45, 7) is 1.49. The van der Waals surface area contributed by atoms with Crippen molar-refractivity contribution < 1.29 is 23.2 Å². The average Bonchev–Trinajstić information content (AvgIpc) is 2.78. The second-order valence-corrected chi connectivity index (χ2v) is 8.54. The van der Waals surface area contributed by atoms with Gasteiger partial charge in [0.15, 0.2) is 17.4 Å². The molecule has 0 radical (unpaired) electrons. The van der Waals surface area contributed by atoms with Crippen molar-refractivity contribution in [2.75, 3.05) is 37.4 Å². The zero-order valence-electron chi connectivity index (χ0n) is 18.8. The van der Waals surface area contributed by atoms with Gasteiger partial charge in [-0.3, -0.25) is 14.4 Å². The maximum atomic E-state index is 15.5. The predicted octanol–water partition coefficient (Wildman–Crippen LogP) is 3.64. The topological polar surface area (TPSA) is 106 Å². The largest absolute Gasteiger partial charge is 0.366 e. The Morgan fingerprint density at radius 2 is 2.00 bits per heavy atom. The first-order valence-corrected chi connectivity index (χ1v) is 10.8. The van der Waals surface area contributed by atoms with Crippen LogP contribution >= 0.6 is 11.6 Å². The number of ketones is 1. The summed E-state index contributed by atoms with van der Waals surface area (Å²) in [6, 6.07) is 3.76. The molecule has 3 rings (SSSR count). The summed E-state index contributed by atoms with van der Waals surface area (Å²) in [4.78, 5) is 44.0. The van der Waals surface area contributed by atoms with Crippen LogP contribution in [0.1, 0.15) is 46.2 Å². The van der Waals surface area contributed by atoms with Crippen LogP contribution in [-0.2, 0) is 4.79 Å². The molecule has 1 atom stereocenters. The normalized spacial score (nSPS) is 15.4. The molecule has 1 unspecified atom stereocenters. The van der Waals surface area contributed by atoms with E-state index >= 15 is 8.78 Å². The Hall–Kier alpha value is -3.58. The van der Waals surface area contributed by atoms with Gasteiger partial charge in [0.2, 0.25) is 5.91 Å². The van der Waals surface area contributed by atoms with Crippen molar-refractivity contribution in [1.29, 1.82) is 5.26 Å². The maximum Gasteiger partial charge on any atom is 0.257 e. The van der Waals surface area contributed by atoms with E-state index in [1.165, 1.54) is 9.80 Å². The van der Waals surface area contributed by atoms with E-state index in [9.17, 15) is 14.4 Å². The van der Waals surface area contributed by atoms with Crippen LogP contribution in [0.15, 0.2) is 18.3 Å². The number of benzene rings is 1. The Balaban J connectivity index is 1.99. The Labute approximate surface area is 200 Å². The van der Waals surface area contributed by atoms with Gasteiger partial charge in [0.25, 0.3) is 5.91 Å². The molecule has 11 heteroatoms. The number of anilines is 2. The lowest BCUT2D eigenvalue weighted by Gasteiger charge is -2.35. The first kappa shape index (κ1) is 25.1. The number of Topliss-reactive ketones (excluding diaryl/α,β-unsaturated/α-hetero) is 1. The van der Waals surface area contributed by atoms with Crippen LogP contribution in [0.4, 0.5) is 20.2 Å². The molecule has 1 aliphatic heterocycles. The van der Waals surface area contributed by atoms with Gasteiger partial charge in [0.05, 0.1) is 27.8 Å². The molecule has 1 fully saturated rings. The lowest BCUT2D eigenvalue weighted by molar-refractivity contribution is -0.133. The monoisotopic (exact) mass is 489 g/mol. The van der Waals surface area contributed by atoms with Crippen molar-refractivity contribution in [2.45, 2.75) is 19.8 Å². The molecule has 2 amide bonds. The molecule has 0 saturated carbocycles. The third kappa shape index (κ3) is 4.99. The molecule has 0 bridgehead atoms. The molecule has 2 heterocycles. The second-order valence-electron chi connectivity index (χ2n) is 8.13. The Bertz CT molecular complexity index is 1210. The first-order valence-electron chi connectivity index (χ1n) is 10.4. The van der Waals surface area contributed by atoms with Crippen LogP contribution in [0.5, 0.6) is 0 Å². The smallest absolute Gasteiger partial charge is 0.257 e. The summed E-state index contributed by atoms with van der Waals surface area (Å²) < 4.78 is 30.7. The molecule has 1 aromatic carbocycles. The van der Waals surface area contributed by atoms with Crippen LogP contribution in [0, 0.1) is 28.9 Å². The average molecular weight is 490 g/mol. The van der Waals surface area contributed by atoms with Crippen LogP contribution in [0.2, 0.25) is 5.02 Å². The van der Waals surface area contributed by atoms with E-state index in [1.807, 2.05) is 0 Å². The number of hydrogen-bond acceptors (Lipinski definition) is 6. The molecular formula is C23H22ClF2N5O3. The fraction of sp³-hybridized carbons (Fsp3) is 0.348. The van der Waals surface area contributed by atoms with Gasteiger partial charge >= 0.3 is 0 Å². The van der Waals surface area contributed by atoms with Crippen molar-refractivity contribution >= 4 is 40.6 Å². The number of hydrogen-bond donors (Lipinski definition) is 1. The Morgan fingerprint density at radius 1 is 1.29 bits per heavy atom. The molecular weight excluding hydrogens is 468 g/mol. The van der Waals surface area contributed by atoms with E-state index in [0.717, 1.165) is 25.3 Å². The lowest BCUT2D eigenvalue weighted by Crippen LogP contribution is -2.43. The number of nitrogens with one attached hydrogen (secondary N) is 1. The fourth-order valence-electron chi connectivity index (χ4n) is 3.95. The van der Waals surface area contributed by atoms with Gasteiger partial charge in [-0.1, -0.05) is 11.6 Å². The summed E-state index contributed by atoms with van der Waals surface area (Å²) in [5, 5.41) is 11.2. The van der Waals surface area contributed by atoms with Crippen molar-refractivity contribution in [3.8, 4) is 6.07 Å². The number of nitrogens with zero attached hydrogens (tertiary/aromatic N) is 4. The number of rotatable bonds is 5. The molecule has 1 aliphatic rings. The number of amides is 2. The zero-order valence-corrected chi connectivity index (χ0v) is 19.5. The van der Waals surface area contributed by atoms with Crippen molar-refractivity contribution in [1.82, 2.24) is 9.88 Å². The van der Waals surface area contributed by atoms with E-state index in [2.05, 4.69) is 10.3 Å². The highest BCUT2D eigenvalue weighted by Crippen LogP contribution is 2.35. The molecule has 0 spiro atoms. The number of carbonyl (C=O) groups excluding carboxylic acids is 3. The number of aromatic nitrogens is 1. The van der Waals surface area contributed by atoms with E-state index in [-0.39, 0.29) is 34.4 Å². The third-order valence-electron chi connectivity index (χ3n) is 5.54. The van der Waals surface area contributed by atoms with Crippen LogP contribution in [0.3, 0.4) is 0 Å². The Kier molecular flexibility index (Phi) is 7.47. The van der Waals surface area contributed by atoms with Gasteiger partial charge in [-0.2, -0.15) is 5.26 Å². The summed E-state index contributed by atoms with van der Waals surface area (Å²) in [5.41, 5.74) is -1.53. The van der Waals surface area contributed by atoms with Crippen molar-refractivity contribution in [2.24, 2.45) is 5.92 Å². The van der Waals surface area contributed by atoms with Crippen LogP contribution in [-0.4, -0.2) is 54.7 Å². The molecule has 1 N–H and O–H groups in total. The molecule has 8 nitrogen and oxygen atoms in total. The fourth-order valence-corrected chi connectivity index (χ4v) is 4.14. The highest BCUT2D eigenvalue weighted by molar-refractivity contribution is 6.34. The van der Waals surface area contributed by atoms with Gasteiger partial charge in [-0.05, 0) is 25.8 Å². The second kappa shape index (κ2) is 10.1. The highest BCUT2D eigenvalue weighted by atomic mass is 35.5. The number of nitriles is 1. The van der Waals surface area contributed by atoms with Gasteiger partial charge < -0.3 is 15.1 Å². The van der Waals surface area contributed by atoms with Crippen molar-refractivity contribution in [3.05, 3.63) is 51.8 Å². The minimum absolute atomic E-state index is 0.0802. The molecule has 34 heavy (non-hydrogen) atoms. The van der Waals surface area contributed by atoms with Gasteiger partial charge in [-0.15, -0.1) is 0 Å². The van der Waals surface area contributed by atoms with E-state index in [4.69, 9.17) is 16.9 Å².